The predicted molar refractivity (Wildman–Crippen MR) is 104 cm³/mol. The summed E-state index contributed by atoms with van der Waals surface area (Å²) in [6.07, 6.45) is -1.30. The molecule has 1 atom stereocenters. The van der Waals surface area contributed by atoms with Crippen molar-refractivity contribution in [2.75, 3.05) is 13.2 Å². The molecule has 0 fully saturated rings. The van der Waals surface area contributed by atoms with Crippen LogP contribution in [0.3, 0.4) is 0 Å². The molecule has 0 saturated carbocycles. The summed E-state index contributed by atoms with van der Waals surface area (Å²) in [5.74, 6) is -2.06. The number of alkyl carbamates (subject to hydrolysis) is 1. The number of nitrogens with one attached hydrogen (secondary N) is 2. The third kappa shape index (κ3) is 10.7. The number of hydrogen-bond donors (Lipinski definition) is 2. The highest BCUT2D eigenvalue weighted by atomic mass is 16.6. The molecule has 0 saturated heterocycles. The van der Waals surface area contributed by atoms with Crippen molar-refractivity contribution < 1.29 is 33.4 Å². The summed E-state index contributed by atoms with van der Waals surface area (Å²) >= 11 is 0. The van der Waals surface area contributed by atoms with Crippen LogP contribution in [0.5, 0.6) is 0 Å². The van der Waals surface area contributed by atoms with Gasteiger partial charge in [0.05, 0.1) is 13.0 Å². The number of rotatable bonds is 9. The average molecular weight is 408 g/mol. The fourth-order valence-corrected chi connectivity index (χ4v) is 2.12. The Morgan fingerprint density at radius 2 is 1.66 bits per heavy atom. The molecule has 1 rings (SSSR count). The van der Waals surface area contributed by atoms with Gasteiger partial charge < -0.3 is 24.8 Å². The molecule has 1 aromatic carbocycles. The zero-order valence-electron chi connectivity index (χ0n) is 17.2. The molecule has 2 amide bonds. The Hall–Kier alpha value is -3.10. The van der Waals surface area contributed by atoms with Gasteiger partial charge in [0.15, 0.2) is 0 Å². The Kier molecular flexibility index (Phi) is 9.64. The van der Waals surface area contributed by atoms with Gasteiger partial charge in [-0.25, -0.2) is 4.79 Å². The van der Waals surface area contributed by atoms with Crippen molar-refractivity contribution in [3.8, 4) is 0 Å². The maximum absolute atomic E-state index is 12.4. The molecular weight excluding hydrogens is 380 g/mol. The summed E-state index contributed by atoms with van der Waals surface area (Å²) in [6.45, 7) is 6.43. The summed E-state index contributed by atoms with van der Waals surface area (Å²) in [7, 11) is 0. The van der Waals surface area contributed by atoms with Gasteiger partial charge in [0.25, 0.3) is 0 Å². The van der Waals surface area contributed by atoms with Crippen molar-refractivity contribution in [3.63, 3.8) is 0 Å². The van der Waals surface area contributed by atoms with Gasteiger partial charge in [-0.1, -0.05) is 30.3 Å². The maximum atomic E-state index is 12.4. The van der Waals surface area contributed by atoms with E-state index in [0.717, 1.165) is 5.56 Å². The predicted octanol–water partition coefficient (Wildman–Crippen LogP) is 1.69. The van der Waals surface area contributed by atoms with E-state index >= 15 is 0 Å². The Bertz CT molecular complexity index is 699. The standard InChI is InChI=1S/C20H28N2O7/c1-5-27-17(24)12-21-18(25)15(22-19(26)29-20(2,3)4)11-16(23)28-13-14-9-7-6-8-10-14/h6-10,15H,5,11-13H2,1-4H3,(H,21,25)(H,22,26)/t15-/m0/s1. The van der Waals surface area contributed by atoms with Crippen LogP contribution in [-0.4, -0.2) is 48.7 Å². The van der Waals surface area contributed by atoms with Crippen LogP contribution in [-0.2, 0) is 35.2 Å². The molecule has 2 N–H and O–H groups in total. The Balaban J connectivity index is 2.69. The van der Waals surface area contributed by atoms with E-state index in [1.807, 2.05) is 6.07 Å². The first-order chi connectivity index (χ1) is 13.6. The summed E-state index contributed by atoms with van der Waals surface area (Å²) in [5.41, 5.74) is -0.00611. The minimum atomic E-state index is -1.28. The van der Waals surface area contributed by atoms with E-state index in [9.17, 15) is 19.2 Å². The highest BCUT2D eigenvalue weighted by molar-refractivity contribution is 5.91. The molecule has 0 aliphatic heterocycles. The van der Waals surface area contributed by atoms with Crippen LogP contribution in [0.2, 0.25) is 0 Å². The number of amides is 2. The quantitative estimate of drug-likeness (QED) is 0.471. The van der Waals surface area contributed by atoms with E-state index in [2.05, 4.69) is 10.6 Å². The molecule has 0 heterocycles. The first kappa shape index (κ1) is 23.9. The zero-order valence-corrected chi connectivity index (χ0v) is 17.2. The molecule has 0 aliphatic rings. The Morgan fingerprint density at radius 1 is 1.00 bits per heavy atom. The number of esters is 2. The van der Waals surface area contributed by atoms with Gasteiger partial charge in [0.2, 0.25) is 5.91 Å². The fraction of sp³-hybridized carbons (Fsp3) is 0.500. The topological polar surface area (TPSA) is 120 Å². The third-order valence-electron chi connectivity index (χ3n) is 3.33. The first-order valence-electron chi connectivity index (χ1n) is 9.23. The Morgan fingerprint density at radius 3 is 2.24 bits per heavy atom. The lowest BCUT2D eigenvalue weighted by Crippen LogP contribution is -2.50. The van der Waals surface area contributed by atoms with E-state index < -0.39 is 48.5 Å². The Labute approximate surface area is 170 Å². The lowest BCUT2D eigenvalue weighted by molar-refractivity contribution is -0.147. The maximum Gasteiger partial charge on any atom is 0.408 e. The summed E-state index contributed by atoms with van der Waals surface area (Å²) < 4.78 is 15.0. The van der Waals surface area contributed by atoms with Crippen molar-refractivity contribution in [2.45, 2.75) is 52.4 Å². The van der Waals surface area contributed by atoms with Crippen molar-refractivity contribution in [2.24, 2.45) is 0 Å². The van der Waals surface area contributed by atoms with E-state index in [0.29, 0.717) is 0 Å². The van der Waals surface area contributed by atoms with Gasteiger partial charge in [0, 0.05) is 0 Å². The minimum Gasteiger partial charge on any atom is -0.465 e. The molecule has 29 heavy (non-hydrogen) atoms. The van der Waals surface area contributed by atoms with Crippen LogP contribution in [0.15, 0.2) is 30.3 Å². The molecule has 0 spiro atoms. The van der Waals surface area contributed by atoms with Crippen LogP contribution < -0.4 is 10.6 Å². The molecule has 9 nitrogen and oxygen atoms in total. The van der Waals surface area contributed by atoms with Crippen molar-refractivity contribution in [1.29, 1.82) is 0 Å². The molecule has 0 aliphatic carbocycles. The molecule has 160 valence electrons. The molecule has 0 aromatic heterocycles. The highest BCUT2D eigenvalue weighted by Gasteiger charge is 2.27. The van der Waals surface area contributed by atoms with Gasteiger partial charge in [0.1, 0.15) is 24.8 Å². The SMILES string of the molecule is CCOC(=O)CNC(=O)[C@H](CC(=O)OCc1ccccc1)NC(=O)OC(C)(C)C. The van der Waals surface area contributed by atoms with E-state index in [1.54, 1.807) is 52.0 Å². The van der Waals surface area contributed by atoms with Gasteiger partial charge in [-0.3, -0.25) is 14.4 Å². The van der Waals surface area contributed by atoms with Crippen molar-refractivity contribution in [3.05, 3.63) is 35.9 Å². The lowest BCUT2D eigenvalue weighted by Gasteiger charge is -2.23. The van der Waals surface area contributed by atoms with E-state index in [1.165, 1.54) is 0 Å². The second-order valence-corrected chi connectivity index (χ2v) is 7.07. The first-order valence-corrected chi connectivity index (χ1v) is 9.23. The molecule has 0 unspecified atom stereocenters. The van der Waals surface area contributed by atoms with E-state index in [-0.39, 0.29) is 13.2 Å². The van der Waals surface area contributed by atoms with Gasteiger partial charge in [-0.15, -0.1) is 0 Å². The monoisotopic (exact) mass is 408 g/mol. The molecule has 0 radical (unpaired) electrons. The molecule has 9 heteroatoms. The average Bonchev–Trinajstić information content (AvgIpc) is 2.63. The van der Waals surface area contributed by atoms with Crippen molar-refractivity contribution >= 4 is 23.9 Å². The van der Waals surface area contributed by atoms with Crippen molar-refractivity contribution in [1.82, 2.24) is 10.6 Å². The summed E-state index contributed by atoms with van der Waals surface area (Å²) in [4.78, 5) is 48.0. The smallest absolute Gasteiger partial charge is 0.408 e. The summed E-state index contributed by atoms with van der Waals surface area (Å²) in [6, 6.07) is 7.74. The van der Waals surface area contributed by atoms with Crippen LogP contribution in [0.25, 0.3) is 0 Å². The van der Waals surface area contributed by atoms with Crippen LogP contribution in [0.4, 0.5) is 4.79 Å². The number of ether oxygens (including phenoxy) is 3. The van der Waals surface area contributed by atoms with Gasteiger partial charge in [-0.05, 0) is 33.3 Å². The van der Waals surface area contributed by atoms with Gasteiger partial charge >= 0.3 is 18.0 Å². The second-order valence-electron chi connectivity index (χ2n) is 7.07. The van der Waals surface area contributed by atoms with E-state index in [4.69, 9.17) is 14.2 Å². The summed E-state index contributed by atoms with van der Waals surface area (Å²) in [5, 5.41) is 4.66. The largest absolute Gasteiger partial charge is 0.465 e. The zero-order chi connectivity index (χ0) is 21.9. The number of benzene rings is 1. The normalized spacial score (nSPS) is 11.7. The third-order valence-corrected chi connectivity index (χ3v) is 3.33. The minimum absolute atomic E-state index is 0.0310. The number of carbonyl (C=O) groups is 4. The van der Waals surface area contributed by atoms with Gasteiger partial charge in [-0.2, -0.15) is 0 Å². The molecule has 0 bridgehead atoms. The number of carbonyl (C=O) groups excluding carboxylic acids is 4. The van der Waals surface area contributed by atoms with Crippen LogP contribution >= 0.6 is 0 Å². The second kappa shape index (κ2) is 11.7. The van der Waals surface area contributed by atoms with Crippen LogP contribution in [0, 0.1) is 0 Å². The molecular formula is C20H28N2O7. The fourth-order valence-electron chi connectivity index (χ4n) is 2.12. The van der Waals surface area contributed by atoms with Crippen LogP contribution in [0.1, 0.15) is 39.7 Å². The number of hydrogen-bond acceptors (Lipinski definition) is 7. The molecule has 1 aromatic rings. The lowest BCUT2D eigenvalue weighted by atomic mass is 10.2. The highest BCUT2D eigenvalue weighted by Crippen LogP contribution is 2.08.